The van der Waals surface area contributed by atoms with Crippen LogP contribution < -0.4 is 9.47 Å². The monoisotopic (exact) mass is 492 g/mol. The fraction of sp³-hybridized carbons (Fsp3) is 0.606. The van der Waals surface area contributed by atoms with Crippen LogP contribution in [0.3, 0.4) is 0 Å². The summed E-state index contributed by atoms with van der Waals surface area (Å²) >= 11 is 0. The van der Waals surface area contributed by atoms with Gasteiger partial charge in [0, 0.05) is 0 Å². The van der Waals surface area contributed by atoms with Crippen molar-refractivity contribution >= 4 is 5.97 Å². The molecule has 3 rings (SSSR count). The molecule has 0 aliphatic heterocycles. The molecule has 0 radical (unpaired) electrons. The van der Waals surface area contributed by atoms with Crippen LogP contribution in [-0.2, 0) is 0 Å². The summed E-state index contributed by atoms with van der Waals surface area (Å²) in [6.07, 6.45) is 17.1. The highest BCUT2D eigenvalue weighted by atomic mass is 16.5. The molecule has 0 heterocycles. The van der Waals surface area contributed by atoms with Crippen LogP contribution in [0.25, 0.3) is 0 Å². The second-order valence-corrected chi connectivity index (χ2v) is 10.9. The second-order valence-electron chi connectivity index (χ2n) is 10.9. The summed E-state index contributed by atoms with van der Waals surface area (Å²) in [4.78, 5) is 12.6. The smallest absolute Gasteiger partial charge is 0.343 e. The fourth-order valence-electron chi connectivity index (χ4n) is 5.31. The zero-order chi connectivity index (χ0) is 25.6. The Balaban J connectivity index is 1.38. The van der Waals surface area contributed by atoms with E-state index in [1.165, 1.54) is 82.6 Å². The van der Waals surface area contributed by atoms with E-state index < -0.39 is 0 Å². The van der Waals surface area contributed by atoms with Gasteiger partial charge in [0.2, 0.25) is 0 Å². The van der Waals surface area contributed by atoms with Gasteiger partial charge in [0.15, 0.2) is 0 Å². The predicted octanol–water partition coefficient (Wildman–Crippen LogP) is 9.75. The molecule has 198 valence electrons. The zero-order valence-electron chi connectivity index (χ0n) is 23.0. The first-order valence-electron chi connectivity index (χ1n) is 14.6. The molecule has 0 saturated heterocycles. The highest BCUT2D eigenvalue weighted by molar-refractivity contribution is 5.91. The van der Waals surface area contributed by atoms with Crippen molar-refractivity contribution in [3.8, 4) is 11.5 Å². The number of ether oxygens (including phenoxy) is 2. The Morgan fingerprint density at radius 1 is 0.833 bits per heavy atom. The summed E-state index contributed by atoms with van der Waals surface area (Å²) in [5.74, 6) is 3.38. The molecule has 0 bridgehead atoms. The minimum Gasteiger partial charge on any atom is -0.494 e. The summed E-state index contributed by atoms with van der Waals surface area (Å²) in [6.45, 7) is 7.49. The third kappa shape index (κ3) is 9.64. The lowest BCUT2D eigenvalue weighted by Crippen LogP contribution is -2.13. The van der Waals surface area contributed by atoms with Gasteiger partial charge in [-0.1, -0.05) is 77.8 Å². The number of carbonyl (C=O) groups excluding carboxylic acids is 1. The molecular weight excluding hydrogens is 444 g/mol. The molecule has 0 amide bonds. The van der Waals surface area contributed by atoms with Gasteiger partial charge in [-0.15, -0.1) is 0 Å². The molecule has 0 aromatic heterocycles. The molecular formula is C33H48O3. The Kier molecular flexibility index (Phi) is 12.4. The van der Waals surface area contributed by atoms with Crippen molar-refractivity contribution in [2.45, 2.75) is 110 Å². The van der Waals surface area contributed by atoms with Crippen LogP contribution in [-0.4, -0.2) is 12.6 Å². The van der Waals surface area contributed by atoms with Gasteiger partial charge in [-0.2, -0.15) is 0 Å². The van der Waals surface area contributed by atoms with Crippen molar-refractivity contribution in [1.82, 2.24) is 0 Å². The maximum Gasteiger partial charge on any atom is 0.343 e. The summed E-state index contributed by atoms with van der Waals surface area (Å²) < 4.78 is 11.4. The van der Waals surface area contributed by atoms with Gasteiger partial charge in [-0.05, 0) is 98.2 Å². The number of unbranched alkanes of at least 4 members (excludes halogenated alkanes) is 4. The Labute approximate surface area is 220 Å². The maximum absolute atomic E-state index is 12.6. The van der Waals surface area contributed by atoms with E-state index in [0.717, 1.165) is 24.0 Å². The highest BCUT2D eigenvalue weighted by Gasteiger charge is 2.22. The number of hydrogen-bond donors (Lipinski definition) is 0. The van der Waals surface area contributed by atoms with Gasteiger partial charge < -0.3 is 9.47 Å². The first kappa shape index (κ1) is 28.3. The number of benzene rings is 2. The molecule has 1 aliphatic rings. The van der Waals surface area contributed by atoms with E-state index >= 15 is 0 Å². The predicted molar refractivity (Wildman–Crippen MR) is 150 cm³/mol. The van der Waals surface area contributed by atoms with E-state index in [9.17, 15) is 4.79 Å². The molecule has 3 heteroatoms. The highest BCUT2D eigenvalue weighted by Crippen LogP contribution is 2.38. The SMILES string of the molecule is CCCCCCCC1CCC(c2ccc(OC(=O)c3ccc(OCCCC(C)CC)cc3)cc2)CC1. The van der Waals surface area contributed by atoms with Crippen LogP contribution in [0.15, 0.2) is 48.5 Å². The lowest BCUT2D eigenvalue weighted by molar-refractivity contribution is 0.0734. The van der Waals surface area contributed by atoms with Crippen molar-refractivity contribution in [3.63, 3.8) is 0 Å². The lowest BCUT2D eigenvalue weighted by atomic mass is 9.77. The number of hydrogen-bond acceptors (Lipinski definition) is 3. The summed E-state index contributed by atoms with van der Waals surface area (Å²) in [5.41, 5.74) is 1.92. The van der Waals surface area contributed by atoms with Gasteiger partial charge >= 0.3 is 5.97 Å². The normalized spacial score (nSPS) is 18.5. The Morgan fingerprint density at radius 2 is 1.50 bits per heavy atom. The molecule has 1 atom stereocenters. The molecule has 36 heavy (non-hydrogen) atoms. The third-order valence-electron chi connectivity index (χ3n) is 8.02. The van der Waals surface area contributed by atoms with Gasteiger partial charge in [-0.3, -0.25) is 0 Å². The van der Waals surface area contributed by atoms with E-state index in [1.54, 1.807) is 12.1 Å². The minimum atomic E-state index is -0.328. The molecule has 3 nitrogen and oxygen atoms in total. The fourth-order valence-corrected chi connectivity index (χ4v) is 5.31. The van der Waals surface area contributed by atoms with Crippen LogP contribution in [0, 0.1) is 11.8 Å². The Hall–Kier alpha value is -2.29. The second kappa shape index (κ2) is 15.7. The molecule has 1 aliphatic carbocycles. The average Bonchev–Trinajstić information content (AvgIpc) is 2.92. The van der Waals surface area contributed by atoms with Gasteiger partial charge in [0.1, 0.15) is 11.5 Å². The minimum absolute atomic E-state index is 0.328. The van der Waals surface area contributed by atoms with Crippen molar-refractivity contribution in [2.24, 2.45) is 11.8 Å². The molecule has 1 fully saturated rings. The van der Waals surface area contributed by atoms with Crippen LogP contribution in [0.4, 0.5) is 0 Å². The molecule has 0 N–H and O–H groups in total. The molecule has 0 spiro atoms. The average molecular weight is 493 g/mol. The Bertz CT molecular complexity index is 863. The van der Waals surface area contributed by atoms with E-state index in [0.29, 0.717) is 23.8 Å². The largest absolute Gasteiger partial charge is 0.494 e. The molecule has 2 aromatic carbocycles. The first-order chi connectivity index (χ1) is 17.6. The lowest BCUT2D eigenvalue weighted by Gasteiger charge is -2.29. The molecule has 1 unspecified atom stereocenters. The van der Waals surface area contributed by atoms with Gasteiger partial charge in [0.25, 0.3) is 0 Å². The van der Waals surface area contributed by atoms with E-state index in [2.05, 4.69) is 32.9 Å². The topological polar surface area (TPSA) is 35.5 Å². The van der Waals surface area contributed by atoms with Crippen LogP contribution >= 0.6 is 0 Å². The maximum atomic E-state index is 12.6. The number of carbonyl (C=O) groups is 1. The van der Waals surface area contributed by atoms with Gasteiger partial charge in [-0.25, -0.2) is 4.79 Å². The van der Waals surface area contributed by atoms with Gasteiger partial charge in [0.05, 0.1) is 12.2 Å². The van der Waals surface area contributed by atoms with Crippen molar-refractivity contribution in [2.75, 3.05) is 6.61 Å². The van der Waals surface area contributed by atoms with Crippen LogP contribution in [0.5, 0.6) is 11.5 Å². The van der Waals surface area contributed by atoms with Crippen molar-refractivity contribution in [3.05, 3.63) is 59.7 Å². The zero-order valence-corrected chi connectivity index (χ0v) is 23.0. The van der Waals surface area contributed by atoms with E-state index in [1.807, 2.05) is 24.3 Å². The Morgan fingerprint density at radius 3 is 2.17 bits per heavy atom. The summed E-state index contributed by atoms with van der Waals surface area (Å²) in [5, 5.41) is 0. The van der Waals surface area contributed by atoms with Crippen LogP contribution in [0.2, 0.25) is 0 Å². The first-order valence-corrected chi connectivity index (χ1v) is 14.6. The number of rotatable bonds is 15. The summed E-state index contributed by atoms with van der Waals surface area (Å²) in [6, 6.07) is 15.5. The quantitative estimate of drug-likeness (QED) is 0.141. The molecule has 2 aromatic rings. The standard InChI is InChI=1S/C33H48O3/c1-4-6-7-8-9-12-27-13-15-28(16-14-27)29-17-23-32(24-18-29)36-33(34)30-19-21-31(22-20-30)35-25-10-11-26(3)5-2/h17-24,26-28H,4-16,25H2,1-3H3. The van der Waals surface area contributed by atoms with Crippen molar-refractivity contribution in [1.29, 1.82) is 0 Å². The third-order valence-corrected chi connectivity index (χ3v) is 8.02. The number of esters is 1. The van der Waals surface area contributed by atoms with Crippen molar-refractivity contribution < 1.29 is 14.3 Å². The summed E-state index contributed by atoms with van der Waals surface area (Å²) in [7, 11) is 0. The van der Waals surface area contributed by atoms with E-state index in [-0.39, 0.29) is 5.97 Å². The van der Waals surface area contributed by atoms with E-state index in [4.69, 9.17) is 9.47 Å². The molecule has 1 saturated carbocycles. The van der Waals surface area contributed by atoms with Crippen LogP contribution in [0.1, 0.15) is 126 Å².